The van der Waals surface area contributed by atoms with E-state index in [0.717, 1.165) is 76.3 Å². The number of fused-ring (bicyclic) bond motifs is 3. The maximum Gasteiger partial charge on any atom is 0.160 e. The van der Waals surface area contributed by atoms with Gasteiger partial charge in [0.1, 0.15) is 15.0 Å². The molecular weight excluding hydrogens is 683 g/mol. The highest BCUT2D eigenvalue weighted by molar-refractivity contribution is 7.22. The number of hydrogen-bond donors (Lipinski definition) is 0. The van der Waals surface area contributed by atoms with Crippen molar-refractivity contribution in [1.29, 1.82) is 0 Å². The van der Waals surface area contributed by atoms with Crippen molar-refractivity contribution >= 4 is 64.7 Å². The first kappa shape index (κ1) is 29.9. The molecule has 0 amide bonds. The second-order valence-electron chi connectivity index (χ2n) is 12.2. The van der Waals surface area contributed by atoms with Gasteiger partial charge in [-0.15, -0.1) is 34.0 Å². The van der Waals surface area contributed by atoms with E-state index in [0.29, 0.717) is 5.82 Å². The summed E-state index contributed by atoms with van der Waals surface area (Å²) in [5.41, 5.74) is 11.0. The second kappa shape index (κ2) is 12.4. The zero-order chi connectivity index (χ0) is 33.7. The highest BCUT2D eigenvalue weighted by atomic mass is 32.1. The summed E-state index contributed by atoms with van der Waals surface area (Å²) in [5.74, 6) is 0.670. The van der Waals surface area contributed by atoms with E-state index >= 15 is 0 Å². The molecule has 0 saturated carbocycles. The Balaban J connectivity index is 1.03. The molecule has 0 aliphatic carbocycles. The predicted octanol–water partition coefficient (Wildman–Crippen LogP) is 12.3. The van der Waals surface area contributed by atoms with Gasteiger partial charge in [-0.25, -0.2) is 24.9 Å². The Morgan fingerprint density at radius 1 is 0.294 bits per heavy atom. The van der Waals surface area contributed by atoms with Gasteiger partial charge < -0.3 is 0 Å². The lowest BCUT2D eigenvalue weighted by Crippen LogP contribution is -1.96. The van der Waals surface area contributed by atoms with Gasteiger partial charge in [-0.1, -0.05) is 109 Å². The summed E-state index contributed by atoms with van der Waals surface area (Å²) in [6.07, 6.45) is 0. The Kier molecular flexibility index (Phi) is 7.30. The van der Waals surface area contributed by atoms with E-state index in [4.69, 9.17) is 24.9 Å². The first-order chi connectivity index (χ1) is 25.2. The van der Waals surface area contributed by atoms with Gasteiger partial charge in [0.15, 0.2) is 5.82 Å². The number of hydrogen-bond acceptors (Lipinski definition) is 8. The van der Waals surface area contributed by atoms with Gasteiger partial charge in [-0.2, -0.15) is 0 Å². The highest BCUT2D eigenvalue weighted by Crippen LogP contribution is 2.36. The molecule has 8 heteroatoms. The zero-order valence-corrected chi connectivity index (χ0v) is 29.3. The third kappa shape index (κ3) is 5.69. The van der Waals surface area contributed by atoms with Crippen LogP contribution >= 0.6 is 34.0 Å². The Morgan fingerprint density at radius 2 is 0.608 bits per heavy atom. The number of thiazole rings is 3. The van der Waals surface area contributed by atoms with Crippen LogP contribution in [0.2, 0.25) is 0 Å². The van der Waals surface area contributed by atoms with Crippen LogP contribution in [0.1, 0.15) is 0 Å². The molecule has 0 spiro atoms. The van der Waals surface area contributed by atoms with Crippen LogP contribution < -0.4 is 0 Å². The zero-order valence-electron chi connectivity index (χ0n) is 26.9. The number of aromatic nitrogens is 5. The SMILES string of the molecule is c1ccc2sc(-c3ccc(-c4cc(-c5ccc(-c6nc7ccccc7s6)cc5)nc(-c5ccc(-c6nc7ccccc7s6)cc5)n4)cc3)nc2c1. The fraction of sp³-hybridized carbons (Fsp3) is 0. The quantitative estimate of drug-likeness (QED) is 0.172. The van der Waals surface area contributed by atoms with Gasteiger partial charge in [-0.3, -0.25) is 0 Å². The molecule has 51 heavy (non-hydrogen) atoms. The maximum atomic E-state index is 5.12. The Hall–Kier alpha value is -5.93. The Morgan fingerprint density at radius 3 is 0.961 bits per heavy atom. The van der Waals surface area contributed by atoms with Crippen LogP contribution in [0.5, 0.6) is 0 Å². The molecule has 4 heterocycles. The number of para-hydroxylation sites is 3. The van der Waals surface area contributed by atoms with Crippen molar-refractivity contribution in [3.8, 4) is 65.6 Å². The lowest BCUT2D eigenvalue weighted by molar-refractivity contribution is 1.18. The van der Waals surface area contributed by atoms with Crippen molar-refractivity contribution in [1.82, 2.24) is 24.9 Å². The van der Waals surface area contributed by atoms with E-state index in [2.05, 4.69) is 133 Å². The van der Waals surface area contributed by atoms with Crippen molar-refractivity contribution in [3.05, 3.63) is 152 Å². The lowest BCUT2D eigenvalue weighted by Gasteiger charge is -2.10. The molecule has 0 radical (unpaired) electrons. The van der Waals surface area contributed by atoms with Gasteiger partial charge in [0.05, 0.1) is 42.0 Å². The summed E-state index contributed by atoms with van der Waals surface area (Å²) in [7, 11) is 0. The summed E-state index contributed by atoms with van der Waals surface area (Å²) in [6, 6.07) is 52.3. The molecule has 4 aromatic heterocycles. The normalized spacial score (nSPS) is 11.5. The molecule has 0 aliphatic rings. The predicted molar refractivity (Wildman–Crippen MR) is 214 cm³/mol. The van der Waals surface area contributed by atoms with E-state index in [9.17, 15) is 0 Å². The minimum atomic E-state index is 0.670. The summed E-state index contributed by atoms with van der Waals surface area (Å²) in [5, 5.41) is 3.01. The molecule has 0 unspecified atom stereocenters. The molecule has 0 aliphatic heterocycles. The topological polar surface area (TPSA) is 64.5 Å². The molecule has 6 aromatic carbocycles. The van der Waals surface area contributed by atoms with Crippen LogP contribution in [-0.2, 0) is 0 Å². The summed E-state index contributed by atoms with van der Waals surface area (Å²) >= 11 is 5.12. The largest absolute Gasteiger partial charge is 0.236 e. The Bertz CT molecular complexity index is 2430. The van der Waals surface area contributed by atoms with Crippen LogP contribution in [0.3, 0.4) is 0 Å². The standard InChI is InChI=1S/C43H25N5S3/c1-4-10-37-32(7-1)46-41(49-37)29-19-13-26(14-20-29)35-25-36(27-15-21-30(22-16-27)42-47-33-8-2-5-11-38(33)50-42)45-40(44-35)28-17-23-31(24-18-28)43-48-34-9-3-6-12-39(34)51-43/h1-25H. The number of rotatable bonds is 6. The van der Waals surface area contributed by atoms with Gasteiger partial charge in [0.25, 0.3) is 0 Å². The maximum absolute atomic E-state index is 5.12. The van der Waals surface area contributed by atoms with E-state index in [1.165, 1.54) is 14.1 Å². The number of benzene rings is 6. The van der Waals surface area contributed by atoms with Crippen molar-refractivity contribution in [2.24, 2.45) is 0 Å². The number of nitrogens with zero attached hydrogens (tertiary/aromatic N) is 5. The van der Waals surface area contributed by atoms with Gasteiger partial charge in [-0.05, 0) is 42.5 Å². The van der Waals surface area contributed by atoms with Crippen LogP contribution in [0.15, 0.2) is 152 Å². The van der Waals surface area contributed by atoms with Crippen LogP contribution in [-0.4, -0.2) is 24.9 Å². The van der Waals surface area contributed by atoms with E-state index < -0.39 is 0 Å². The molecule has 10 rings (SSSR count). The van der Waals surface area contributed by atoms with Crippen LogP contribution in [0.25, 0.3) is 96.3 Å². The minimum Gasteiger partial charge on any atom is -0.236 e. The molecule has 0 atom stereocenters. The minimum absolute atomic E-state index is 0.670. The Labute approximate surface area is 305 Å². The average Bonchev–Trinajstić information content (AvgIpc) is 3.95. The second-order valence-corrected chi connectivity index (χ2v) is 15.2. The summed E-state index contributed by atoms with van der Waals surface area (Å²) in [4.78, 5) is 24.8. The van der Waals surface area contributed by atoms with Crippen molar-refractivity contribution in [3.63, 3.8) is 0 Å². The first-order valence-electron chi connectivity index (χ1n) is 16.5. The van der Waals surface area contributed by atoms with Crippen molar-refractivity contribution < 1.29 is 0 Å². The molecular formula is C43H25N5S3. The van der Waals surface area contributed by atoms with E-state index in [-0.39, 0.29) is 0 Å². The third-order valence-corrected chi connectivity index (χ3v) is 12.1. The summed E-state index contributed by atoms with van der Waals surface area (Å²) < 4.78 is 3.55. The van der Waals surface area contributed by atoms with Crippen LogP contribution in [0.4, 0.5) is 0 Å². The molecule has 10 aromatic rings. The van der Waals surface area contributed by atoms with Crippen LogP contribution in [0, 0.1) is 0 Å². The fourth-order valence-electron chi connectivity index (χ4n) is 6.19. The van der Waals surface area contributed by atoms with Gasteiger partial charge in [0, 0.05) is 33.4 Å². The fourth-order valence-corrected chi connectivity index (χ4v) is 9.10. The molecule has 0 bridgehead atoms. The first-order valence-corrected chi connectivity index (χ1v) is 18.9. The highest BCUT2D eigenvalue weighted by Gasteiger charge is 2.14. The van der Waals surface area contributed by atoms with E-state index in [1.54, 1.807) is 34.0 Å². The molecule has 240 valence electrons. The van der Waals surface area contributed by atoms with E-state index in [1.807, 2.05) is 18.2 Å². The third-order valence-electron chi connectivity index (χ3n) is 8.85. The molecule has 0 fully saturated rings. The summed E-state index contributed by atoms with van der Waals surface area (Å²) in [6.45, 7) is 0. The van der Waals surface area contributed by atoms with Gasteiger partial charge >= 0.3 is 0 Å². The molecule has 0 N–H and O–H groups in total. The smallest absolute Gasteiger partial charge is 0.160 e. The lowest BCUT2D eigenvalue weighted by atomic mass is 10.0. The monoisotopic (exact) mass is 707 g/mol. The van der Waals surface area contributed by atoms with Crippen molar-refractivity contribution in [2.45, 2.75) is 0 Å². The van der Waals surface area contributed by atoms with Gasteiger partial charge in [0.2, 0.25) is 0 Å². The van der Waals surface area contributed by atoms with Crippen molar-refractivity contribution in [2.75, 3.05) is 0 Å². The average molecular weight is 708 g/mol. The molecule has 5 nitrogen and oxygen atoms in total. The molecule has 0 saturated heterocycles.